The van der Waals surface area contributed by atoms with Crippen molar-refractivity contribution in [2.45, 2.75) is 44.3 Å². The number of anilines is 1. The number of benzene rings is 3. The highest BCUT2D eigenvalue weighted by atomic mass is 35.5. The van der Waals surface area contributed by atoms with Crippen molar-refractivity contribution in [2.24, 2.45) is 0 Å². The van der Waals surface area contributed by atoms with Gasteiger partial charge in [-0.05, 0) is 41.8 Å². The lowest BCUT2D eigenvalue weighted by Crippen LogP contribution is -2.56. The summed E-state index contributed by atoms with van der Waals surface area (Å²) in [5, 5.41) is 24.9. The van der Waals surface area contributed by atoms with Gasteiger partial charge in [0.25, 0.3) is 0 Å². The van der Waals surface area contributed by atoms with Crippen molar-refractivity contribution >= 4 is 58.5 Å². The monoisotopic (exact) mass is 667 g/mol. The third-order valence-corrected chi connectivity index (χ3v) is 8.17. The first kappa shape index (κ1) is 33.9. The van der Waals surface area contributed by atoms with Crippen LogP contribution in [0, 0.1) is 17.1 Å². The number of amides is 4. The summed E-state index contributed by atoms with van der Waals surface area (Å²) in [5.74, 6) is -3.36. The fourth-order valence-electron chi connectivity index (χ4n) is 4.99. The molecule has 1 heterocycles. The van der Waals surface area contributed by atoms with E-state index < -0.39 is 46.7 Å². The van der Waals surface area contributed by atoms with E-state index in [4.69, 9.17) is 28.3 Å². The highest BCUT2D eigenvalue weighted by Crippen LogP contribution is 2.30. The lowest BCUT2D eigenvalue weighted by atomic mass is 9.91. The maximum Gasteiger partial charge on any atom is 0.404 e. The molecule has 3 aromatic rings. The second-order valence-corrected chi connectivity index (χ2v) is 11.2. The van der Waals surface area contributed by atoms with E-state index in [1.165, 1.54) is 17.0 Å². The summed E-state index contributed by atoms with van der Waals surface area (Å²) in [6.07, 6.45) is -1.85. The molecule has 46 heavy (non-hydrogen) atoms. The highest BCUT2D eigenvalue weighted by Gasteiger charge is 2.36. The zero-order valence-corrected chi connectivity index (χ0v) is 25.7. The Morgan fingerprint density at radius 1 is 1.02 bits per heavy atom. The van der Waals surface area contributed by atoms with Gasteiger partial charge in [0.2, 0.25) is 17.7 Å². The number of ketones is 1. The van der Waals surface area contributed by atoms with E-state index in [2.05, 4.69) is 16.0 Å². The first-order chi connectivity index (χ1) is 22.0. The smallest absolute Gasteiger partial charge is 0.404 e. The number of nitrogens with zero attached hydrogens (tertiary/aromatic N) is 2. The summed E-state index contributed by atoms with van der Waals surface area (Å²) in [6.45, 7) is -0.278. The SMILES string of the molecule is N#Cc1ccc2c(c1)CN(C(=O)CCC(=O)c1ccccc1)[C@H](C(=O)N[C@@H](CCNC(=O)O)C(=O)Nc1ccc(Cl)c(Cl)c1F)C2. The predicted molar refractivity (Wildman–Crippen MR) is 167 cm³/mol. The first-order valence-electron chi connectivity index (χ1n) is 14.1. The number of carbonyl (C=O) groups excluding carboxylic acids is 4. The van der Waals surface area contributed by atoms with Gasteiger partial charge in [0.05, 0.1) is 27.4 Å². The van der Waals surface area contributed by atoms with Crippen LogP contribution in [0.4, 0.5) is 14.9 Å². The standard InChI is InChI=1S/C32H28Cl2FN5O6/c33-22-8-9-23(29(35)28(22)34)38-30(43)24(12-13-37-32(45)46)39-31(44)25-15-20-7-6-18(16-36)14-21(20)17-40(25)27(42)11-10-26(41)19-4-2-1-3-5-19/h1-9,14,24-25,37H,10-13,15,17H2,(H,38,43)(H,39,44)(H,45,46)/t24-,25-/m0/s1. The molecule has 0 aromatic heterocycles. The topological polar surface area (TPSA) is 169 Å². The van der Waals surface area contributed by atoms with Crippen LogP contribution in [0.2, 0.25) is 10.0 Å². The molecular weight excluding hydrogens is 640 g/mol. The number of carboxylic acid groups (broad SMARTS) is 1. The van der Waals surface area contributed by atoms with Crippen LogP contribution >= 0.6 is 23.2 Å². The van der Waals surface area contributed by atoms with Crippen LogP contribution in [0.15, 0.2) is 60.7 Å². The molecule has 0 saturated heterocycles. The number of carbonyl (C=O) groups is 5. The van der Waals surface area contributed by atoms with Gasteiger partial charge in [0.1, 0.15) is 12.1 Å². The second-order valence-electron chi connectivity index (χ2n) is 10.4. The maximum absolute atomic E-state index is 14.7. The van der Waals surface area contributed by atoms with E-state index in [0.29, 0.717) is 22.3 Å². The number of Topliss-reactive ketones (excluding diaryl/α,β-unsaturated/α-hetero) is 1. The van der Waals surface area contributed by atoms with Crippen molar-refractivity contribution in [1.29, 1.82) is 5.26 Å². The molecule has 0 radical (unpaired) electrons. The van der Waals surface area contributed by atoms with Gasteiger partial charge in [-0.3, -0.25) is 19.2 Å². The quantitative estimate of drug-likeness (QED) is 0.170. The normalized spacial score (nSPS) is 14.3. The van der Waals surface area contributed by atoms with Gasteiger partial charge in [-0.15, -0.1) is 0 Å². The number of nitrogens with one attached hydrogen (secondary N) is 3. The van der Waals surface area contributed by atoms with Crippen molar-refractivity contribution in [2.75, 3.05) is 11.9 Å². The average Bonchev–Trinajstić information content (AvgIpc) is 3.05. The number of fused-ring (bicyclic) bond motifs is 1. The Labute approximate surface area is 273 Å². The predicted octanol–water partition coefficient (Wildman–Crippen LogP) is 4.70. The van der Waals surface area contributed by atoms with Gasteiger partial charge in [0, 0.05) is 37.9 Å². The zero-order valence-electron chi connectivity index (χ0n) is 24.2. The molecule has 0 saturated carbocycles. The molecule has 4 amide bonds. The van der Waals surface area contributed by atoms with Crippen molar-refractivity contribution in [3.63, 3.8) is 0 Å². The van der Waals surface area contributed by atoms with E-state index >= 15 is 0 Å². The molecule has 3 aromatic carbocycles. The molecule has 2 atom stereocenters. The van der Waals surface area contributed by atoms with Gasteiger partial charge in [-0.2, -0.15) is 5.26 Å². The molecule has 11 nitrogen and oxygen atoms in total. The first-order valence-corrected chi connectivity index (χ1v) is 14.8. The van der Waals surface area contributed by atoms with E-state index in [0.717, 1.165) is 0 Å². The minimum absolute atomic E-state index is 0.0345. The number of halogens is 3. The Kier molecular flexibility index (Phi) is 11.3. The molecule has 1 aliphatic rings. The fourth-order valence-corrected chi connectivity index (χ4v) is 5.30. The van der Waals surface area contributed by atoms with Gasteiger partial charge >= 0.3 is 6.09 Å². The molecule has 0 fully saturated rings. The van der Waals surface area contributed by atoms with Crippen molar-refractivity contribution < 1.29 is 33.5 Å². The van der Waals surface area contributed by atoms with Crippen LogP contribution in [0.25, 0.3) is 0 Å². The summed E-state index contributed by atoms with van der Waals surface area (Å²) in [4.78, 5) is 65.6. The second kappa shape index (κ2) is 15.3. The van der Waals surface area contributed by atoms with Crippen LogP contribution in [0.1, 0.15) is 46.3 Å². The Bertz CT molecular complexity index is 1710. The van der Waals surface area contributed by atoms with Crippen LogP contribution in [0.3, 0.4) is 0 Å². The van der Waals surface area contributed by atoms with Crippen molar-refractivity contribution in [3.8, 4) is 6.07 Å². The van der Waals surface area contributed by atoms with E-state index in [1.807, 2.05) is 6.07 Å². The van der Waals surface area contributed by atoms with E-state index in [-0.39, 0.29) is 55.3 Å². The number of nitriles is 1. The molecule has 0 spiro atoms. The number of rotatable bonds is 11. The Hall–Kier alpha value is -4.99. The molecule has 4 rings (SSSR count). The third kappa shape index (κ3) is 8.38. The largest absolute Gasteiger partial charge is 0.465 e. The van der Waals surface area contributed by atoms with Gasteiger partial charge < -0.3 is 26.0 Å². The molecule has 14 heteroatoms. The van der Waals surface area contributed by atoms with Crippen molar-refractivity contribution in [3.05, 3.63) is 98.8 Å². The van der Waals surface area contributed by atoms with Crippen LogP contribution in [-0.4, -0.2) is 58.2 Å². The molecule has 238 valence electrons. The Morgan fingerprint density at radius 2 is 1.76 bits per heavy atom. The lowest BCUT2D eigenvalue weighted by molar-refractivity contribution is -0.142. The van der Waals surface area contributed by atoms with Crippen molar-refractivity contribution in [1.82, 2.24) is 15.5 Å². The van der Waals surface area contributed by atoms with Crippen LogP contribution in [0.5, 0.6) is 0 Å². The Morgan fingerprint density at radius 3 is 2.46 bits per heavy atom. The summed E-state index contributed by atoms with van der Waals surface area (Å²) in [7, 11) is 0. The minimum atomic E-state index is -1.37. The van der Waals surface area contributed by atoms with Gasteiger partial charge in [0.15, 0.2) is 11.6 Å². The molecule has 0 bridgehead atoms. The maximum atomic E-state index is 14.7. The molecular formula is C32H28Cl2FN5O6. The summed E-state index contributed by atoms with van der Waals surface area (Å²) in [6, 6.07) is 15.4. The summed E-state index contributed by atoms with van der Waals surface area (Å²) >= 11 is 11.7. The minimum Gasteiger partial charge on any atom is -0.465 e. The van der Waals surface area contributed by atoms with E-state index in [9.17, 15) is 33.6 Å². The van der Waals surface area contributed by atoms with Gasteiger partial charge in [-0.25, -0.2) is 9.18 Å². The summed E-state index contributed by atoms with van der Waals surface area (Å²) < 4.78 is 14.7. The number of hydrogen-bond acceptors (Lipinski definition) is 6. The number of hydrogen-bond donors (Lipinski definition) is 4. The van der Waals surface area contributed by atoms with E-state index in [1.54, 1.807) is 48.5 Å². The average molecular weight is 669 g/mol. The zero-order chi connectivity index (χ0) is 33.4. The molecule has 1 aliphatic heterocycles. The lowest BCUT2D eigenvalue weighted by Gasteiger charge is -2.37. The van der Waals surface area contributed by atoms with Crippen LogP contribution in [-0.2, 0) is 27.3 Å². The molecule has 0 aliphatic carbocycles. The highest BCUT2D eigenvalue weighted by molar-refractivity contribution is 6.42. The summed E-state index contributed by atoms with van der Waals surface area (Å²) in [5.41, 5.74) is 1.85. The van der Waals surface area contributed by atoms with Crippen LogP contribution < -0.4 is 16.0 Å². The third-order valence-electron chi connectivity index (χ3n) is 7.39. The molecule has 4 N–H and O–H groups in total. The molecule has 0 unspecified atom stereocenters. The fraction of sp³-hybridized carbons (Fsp3) is 0.250. The Balaban J connectivity index is 1.57. The van der Waals surface area contributed by atoms with Gasteiger partial charge in [-0.1, -0.05) is 59.6 Å².